The van der Waals surface area contributed by atoms with Crippen LogP contribution in [-0.4, -0.2) is 23.5 Å². The van der Waals surface area contributed by atoms with Crippen molar-refractivity contribution in [2.24, 2.45) is 5.90 Å². The van der Waals surface area contributed by atoms with Crippen molar-refractivity contribution in [2.75, 3.05) is 6.61 Å². The molecule has 0 aliphatic carbocycles. The number of aryl methyl sites for hydroxylation is 2. The lowest BCUT2D eigenvalue weighted by Crippen LogP contribution is -2.40. The van der Waals surface area contributed by atoms with E-state index >= 15 is 0 Å². The van der Waals surface area contributed by atoms with Crippen LogP contribution in [0.15, 0.2) is 72.9 Å². The second-order valence-corrected chi connectivity index (χ2v) is 8.43. The molecule has 0 radical (unpaired) electrons. The Bertz CT molecular complexity index is 1410. The summed E-state index contributed by atoms with van der Waals surface area (Å²) in [6.07, 6.45) is 7.65. The van der Waals surface area contributed by atoms with Crippen molar-refractivity contribution in [2.45, 2.75) is 26.3 Å². The fraction of sp³-hybridized carbons (Fsp3) is 0.172. The fourth-order valence-corrected chi connectivity index (χ4v) is 4.08. The van der Waals surface area contributed by atoms with Gasteiger partial charge in [-0.05, 0) is 55.7 Å². The summed E-state index contributed by atoms with van der Waals surface area (Å²) >= 11 is 0. The van der Waals surface area contributed by atoms with Gasteiger partial charge in [-0.2, -0.15) is 0 Å². The van der Waals surface area contributed by atoms with Gasteiger partial charge in [-0.1, -0.05) is 53.9 Å². The van der Waals surface area contributed by atoms with Gasteiger partial charge in [-0.3, -0.25) is 9.78 Å². The third-order valence-electron chi connectivity index (χ3n) is 5.79. The number of nitrogens with zero attached hydrogens (tertiary/aromatic N) is 1. The van der Waals surface area contributed by atoms with Gasteiger partial charge in [0.15, 0.2) is 5.75 Å². The van der Waals surface area contributed by atoms with Gasteiger partial charge in [0.2, 0.25) is 0 Å². The smallest absolute Gasteiger partial charge is 0.256 e. The Labute approximate surface area is 205 Å². The van der Waals surface area contributed by atoms with Crippen LogP contribution in [0.3, 0.4) is 0 Å². The molecule has 6 nitrogen and oxygen atoms in total. The van der Waals surface area contributed by atoms with Crippen molar-refractivity contribution < 1.29 is 14.4 Å². The topological polar surface area (TPSA) is 86.5 Å². The van der Waals surface area contributed by atoms with E-state index in [0.717, 1.165) is 11.1 Å². The summed E-state index contributed by atoms with van der Waals surface area (Å²) in [6.45, 7) is 4.26. The molecule has 0 saturated carbocycles. The van der Waals surface area contributed by atoms with E-state index in [1.807, 2.05) is 37.3 Å². The Balaban J connectivity index is 1.68. The van der Waals surface area contributed by atoms with Gasteiger partial charge in [0.1, 0.15) is 5.75 Å². The molecule has 1 atom stereocenters. The largest absolute Gasteiger partial charge is 0.455 e. The highest BCUT2D eigenvalue weighted by molar-refractivity contribution is 6.08. The molecule has 1 amide bonds. The summed E-state index contributed by atoms with van der Waals surface area (Å²) in [6, 6.07) is 20.4. The molecule has 4 rings (SSSR count). The van der Waals surface area contributed by atoms with E-state index in [4.69, 9.17) is 21.9 Å². The maximum Gasteiger partial charge on any atom is 0.256 e. The third-order valence-corrected chi connectivity index (χ3v) is 5.79. The lowest BCUT2D eigenvalue weighted by atomic mass is 9.99. The summed E-state index contributed by atoms with van der Waals surface area (Å²) in [5.41, 5.74) is 5.18. The number of hydrogen-bond acceptors (Lipinski definition) is 5. The Morgan fingerprint density at radius 3 is 2.71 bits per heavy atom. The molecular formula is C29H27N3O3. The number of carbonyl (C=O) groups excluding carboxylic acids is 1. The van der Waals surface area contributed by atoms with Gasteiger partial charge >= 0.3 is 0 Å². The quantitative estimate of drug-likeness (QED) is 0.287. The predicted molar refractivity (Wildman–Crippen MR) is 137 cm³/mol. The Kier molecular flexibility index (Phi) is 7.41. The Hall–Kier alpha value is -4.18. The van der Waals surface area contributed by atoms with Crippen LogP contribution >= 0.6 is 0 Å². The lowest BCUT2D eigenvalue weighted by Gasteiger charge is -2.21. The molecule has 0 bridgehead atoms. The van der Waals surface area contributed by atoms with E-state index in [1.54, 1.807) is 24.4 Å². The van der Waals surface area contributed by atoms with E-state index in [1.165, 1.54) is 5.56 Å². The zero-order chi connectivity index (χ0) is 24.8. The number of benzene rings is 3. The van der Waals surface area contributed by atoms with Crippen molar-refractivity contribution in [3.8, 4) is 23.8 Å². The number of aromatic nitrogens is 1. The van der Waals surface area contributed by atoms with Crippen LogP contribution in [0, 0.1) is 26.2 Å². The Morgan fingerprint density at radius 2 is 1.94 bits per heavy atom. The van der Waals surface area contributed by atoms with Crippen molar-refractivity contribution in [3.05, 3.63) is 101 Å². The third kappa shape index (κ3) is 5.67. The van der Waals surface area contributed by atoms with Crippen LogP contribution in [0.1, 0.15) is 32.6 Å². The normalized spacial score (nSPS) is 11.6. The molecule has 0 spiro atoms. The van der Waals surface area contributed by atoms with Crippen LogP contribution in [0.25, 0.3) is 10.9 Å². The van der Waals surface area contributed by atoms with E-state index in [2.05, 4.69) is 41.3 Å². The molecule has 3 N–H and O–H groups in total. The van der Waals surface area contributed by atoms with E-state index in [9.17, 15) is 4.79 Å². The molecule has 0 fully saturated rings. The van der Waals surface area contributed by atoms with Gasteiger partial charge in [-0.15, -0.1) is 6.42 Å². The summed E-state index contributed by atoms with van der Waals surface area (Å²) in [7, 11) is 0. The highest BCUT2D eigenvalue weighted by Gasteiger charge is 2.22. The monoisotopic (exact) mass is 465 g/mol. The first-order chi connectivity index (χ1) is 17.0. The second-order valence-electron chi connectivity index (χ2n) is 8.43. The number of hydrogen-bond donors (Lipinski definition) is 2. The SMILES string of the molecule is C#Cc1cccc(Oc2cnc3ccccc3c2C(=O)N[C@@H](CON)Cc2ccc(C)cc2C)c1. The number of fused-ring (bicyclic) bond motifs is 1. The molecule has 4 aromatic rings. The fourth-order valence-electron chi connectivity index (χ4n) is 4.08. The maximum atomic E-state index is 13.7. The van der Waals surface area contributed by atoms with Crippen LogP contribution < -0.4 is 16.0 Å². The number of nitrogens with two attached hydrogens (primary N) is 1. The first kappa shape index (κ1) is 24.0. The molecule has 1 heterocycles. The number of carbonyl (C=O) groups is 1. The minimum Gasteiger partial charge on any atom is -0.455 e. The average Bonchev–Trinajstić information content (AvgIpc) is 2.85. The molecule has 6 heteroatoms. The van der Waals surface area contributed by atoms with E-state index in [0.29, 0.717) is 39.9 Å². The van der Waals surface area contributed by atoms with Crippen molar-refractivity contribution in [1.82, 2.24) is 10.3 Å². The lowest BCUT2D eigenvalue weighted by molar-refractivity contribution is 0.0839. The number of terminal acetylenes is 1. The molecule has 0 unspecified atom stereocenters. The summed E-state index contributed by atoms with van der Waals surface area (Å²) < 4.78 is 6.10. The van der Waals surface area contributed by atoms with Crippen LogP contribution in [-0.2, 0) is 11.3 Å². The number of para-hydroxylation sites is 1. The van der Waals surface area contributed by atoms with Crippen molar-refractivity contribution in [1.29, 1.82) is 0 Å². The highest BCUT2D eigenvalue weighted by atomic mass is 16.6. The van der Waals surface area contributed by atoms with Crippen LogP contribution in [0.2, 0.25) is 0 Å². The molecule has 35 heavy (non-hydrogen) atoms. The van der Waals surface area contributed by atoms with Gasteiger partial charge in [-0.25, -0.2) is 5.90 Å². The van der Waals surface area contributed by atoms with Crippen LogP contribution in [0.4, 0.5) is 0 Å². The zero-order valence-electron chi connectivity index (χ0n) is 19.7. The van der Waals surface area contributed by atoms with E-state index < -0.39 is 0 Å². The number of nitrogens with one attached hydrogen (secondary N) is 1. The summed E-state index contributed by atoms with van der Waals surface area (Å²) in [5.74, 6) is 8.54. The Morgan fingerprint density at radius 1 is 1.11 bits per heavy atom. The first-order valence-corrected chi connectivity index (χ1v) is 11.3. The molecule has 0 saturated heterocycles. The molecule has 0 aliphatic rings. The van der Waals surface area contributed by atoms with Crippen molar-refractivity contribution >= 4 is 16.8 Å². The van der Waals surface area contributed by atoms with Gasteiger partial charge in [0, 0.05) is 10.9 Å². The van der Waals surface area contributed by atoms with E-state index in [-0.39, 0.29) is 18.6 Å². The molecular weight excluding hydrogens is 438 g/mol. The summed E-state index contributed by atoms with van der Waals surface area (Å²) in [5, 5.41) is 3.76. The van der Waals surface area contributed by atoms with Gasteiger partial charge in [0.25, 0.3) is 5.91 Å². The number of ether oxygens (including phenoxy) is 1. The molecule has 1 aromatic heterocycles. The van der Waals surface area contributed by atoms with Gasteiger partial charge in [0.05, 0.1) is 29.9 Å². The van der Waals surface area contributed by atoms with Crippen LogP contribution in [0.5, 0.6) is 11.5 Å². The average molecular weight is 466 g/mol. The number of rotatable bonds is 8. The maximum absolute atomic E-state index is 13.7. The predicted octanol–water partition coefficient (Wildman–Crippen LogP) is 4.86. The highest BCUT2D eigenvalue weighted by Crippen LogP contribution is 2.30. The minimum atomic E-state index is -0.349. The van der Waals surface area contributed by atoms with Gasteiger partial charge < -0.3 is 14.9 Å². The summed E-state index contributed by atoms with van der Waals surface area (Å²) in [4.78, 5) is 23.1. The number of pyridine rings is 1. The number of amides is 1. The molecule has 176 valence electrons. The first-order valence-electron chi connectivity index (χ1n) is 11.3. The zero-order valence-corrected chi connectivity index (χ0v) is 19.7. The second kappa shape index (κ2) is 10.8. The molecule has 3 aromatic carbocycles. The van der Waals surface area contributed by atoms with Crippen molar-refractivity contribution in [3.63, 3.8) is 0 Å². The minimum absolute atomic E-state index is 0.155. The standard InChI is InChI=1S/C29H27N3O3/c1-4-21-8-7-9-24(15-21)35-27-17-31-26-11-6-5-10-25(26)28(27)29(33)32-23(18-34-30)16-22-13-12-19(2)14-20(22)3/h1,5-15,17,23H,16,18,30H2,2-3H3,(H,32,33)/t23-/m1/s1. The molecule has 0 aliphatic heterocycles.